The van der Waals surface area contributed by atoms with Crippen LogP contribution in [0.1, 0.15) is 31.2 Å². The predicted octanol–water partition coefficient (Wildman–Crippen LogP) is 3.12. The number of ether oxygens (including phenoxy) is 1. The highest BCUT2D eigenvalue weighted by Gasteiger charge is 2.30. The van der Waals surface area contributed by atoms with Crippen molar-refractivity contribution in [3.63, 3.8) is 0 Å². The van der Waals surface area contributed by atoms with Crippen molar-refractivity contribution in [2.24, 2.45) is 0 Å². The van der Waals surface area contributed by atoms with Gasteiger partial charge in [-0.05, 0) is 44.1 Å². The molecule has 0 radical (unpaired) electrons. The molecule has 0 aliphatic carbocycles. The first kappa shape index (κ1) is 21.8. The van der Waals surface area contributed by atoms with E-state index in [9.17, 15) is 13.2 Å². The Bertz CT molecular complexity index is 572. The monoisotopic (exact) mass is 377 g/mol. The smallest absolute Gasteiger partial charge is 0.416 e. The van der Waals surface area contributed by atoms with Crippen molar-refractivity contribution in [1.29, 1.82) is 0 Å². The molecule has 9 heteroatoms. The van der Waals surface area contributed by atoms with Crippen LogP contribution in [0, 0.1) is 0 Å². The summed E-state index contributed by atoms with van der Waals surface area (Å²) in [6.07, 6.45) is 0.618. The average molecular weight is 377 g/mol. The zero-order chi connectivity index (χ0) is 19.6. The van der Waals surface area contributed by atoms with E-state index in [1.807, 2.05) is 0 Å². The molecular weight excluding hydrogens is 355 g/mol. The van der Waals surface area contributed by atoms with Gasteiger partial charge in [0.05, 0.1) is 5.56 Å². The molecule has 0 atom stereocenters. The molecule has 2 rings (SSSR count). The zero-order valence-electron chi connectivity index (χ0n) is 14.2. The number of benzene rings is 1. The number of aliphatic carboxylic acids is 2. The van der Waals surface area contributed by atoms with Crippen molar-refractivity contribution in [1.82, 2.24) is 4.90 Å². The second-order valence-electron chi connectivity index (χ2n) is 5.74. The number of carboxylic acids is 2. The van der Waals surface area contributed by atoms with E-state index in [-0.39, 0.29) is 5.75 Å². The number of hydrogen-bond acceptors (Lipinski definition) is 4. The van der Waals surface area contributed by atoms with Crippen molar-refractivity contribution >= 4 is 11.9 Å². The van der Waals surface area contributed by atoms with Gasteiger partial charge in [-0.2, -0.15) is 13.2 Å². The van der Waals surface area contributed by atoms with E-state index in [1.165, 1.54) is 31.7 Å². The lowest BCUT2D eigenvalue weighted by atomic mass is 10.2. The summed E-state index contributed by atoms with van der Waals surface area (Å²) in [6, 6.07) is 5.06. The molecular formula is C17H22F3NO5. The highest BCUT2D eigenvalue weighted by Crippen LogP contribution is 2.31. The number of alkyl halides is 3. The number of halogens is 3. The largest absolute Gasteiger partial charge is 0.492 e. The fraction of sp³-hybridized carbons (Fsp3) is 0.529. The molecule has 26 heavy (non-hydrogen) atoms. The standard InChI is InChI=1S/C15H20F3NO.C2H2O4/c16-15(17,18)13-6-5-7-14(12-13)20-11-10-19-8-3-1-2-4-9-19;3-1(4)2(5)6/h5-7,12H,1-4,8-11H2;(H,3,4)(H,5,6). The van der Waals surface area contributed by atoms with E-state index in [0.29, 0.717) is 6.61 Å². The molecule has 0 saturated carbocycles. The lowest BCUT2D eigenvalue weighted by molar-refractivity contribution is -0.159. The van der Waals surface area contributed by atoms with Crippen LogP contribution >= 0.6 is 0 Å². The summed E-state index contributed by atoms with van der Waals surface area (Å²) < 4.78 is 43.1. The fourth-order valence-electron chi connectivity index (χ4n) is 2.41. The van der Waals surface area contributed by atoms with Crippen molar-refractivity contribution < 1.29 is 37.7 Å². The summed E-state index contributed by atoms with van der Waals surface area (Å²) in [5, 5.41) is 14.8. The van der Waals surface area contributed by atoms with Gasteiger partial charge in [-0.15, -0.1) is 0 Å². The molecule has 1 heterocycles. The molecule has 0 amide bonds. The maximum Gasteiger partial charge on any atom is 0.416 e. The van der Waals surface area contributed by atoms with Gasteiger partial charge < -0.3 is 14.9 Å². The summed E-state index contributed by atoms with van der Waals surface area (Å²) in [5.41, 5.74) is -0.662. The summed E-state index contributed by atoms with van der Waals surface area (Å²) >= 11 is 0. The molecule has 1 fully saturated rings. The zero-order valence-corrected chi connectivity index (χ0v) is 14.2. The van der Waals surface area contributed by atoms with Gasteiger partial charge in [0, 0.05) is 6.54 Å². The maximum absolute atomic E-state index is 12.6. The van der Waals surface area contributed by atoms with Crippen LogP contribution in [-0.2, 0) is 15.8 Å². The molecule has 0 unspecified atom stereocenters. The fourth-order valence-corrected chi connectivity index (χ4v) is 2.41. The topological polar surface area (TPSA) is 87.1 Å². The lowest BCUT2D eigenvalue weighted by Crippen LogP contribution is -2.29. The number of hydrogen-bond donors (Lipinski definition) is 2. The van der Waals surface area contributed by atoms with Gasteiger partial charge in [-0.25, -0.2) is 9.59 Å². The van der Waals surface area contributed by atoms with Gasteiger partial charge >= 0.3 is 18.1 Å². The van der Waals surface area contributed by atoms with E-state index in [4.69, 9.17) is 24.5 Å². The number of carboxylic acid groups (broad SMARTS) is 2. The highest BCUT2D eigenvalue weighted by atomic mass is 19.4. The Balaban J connectivity index is 0.000000487. The second kappa shape index (κ2) is 10.6. The van der Waals surface area contributed by atoms with Crippen LogP contribution in [-0.4, -0.2) is 53.3 Å². The quantitative estimate of drug-likeness (QED) is 0.784. The SMILES string of the molecule is FC(F)(F)c1cccc(OCCN2CCCCCC2)c1.O=C(O)C(=O)O. The summed E-state index contributed by atoms with van der Waals surface area (Å²) in [4.78, 5) is 20.5. The number of likely N-dealkylation sites (tertiary alicyclic amines) is 1. The van der Waals surface area contributed by atoms with Gasteiger partial charge in [0.2, 0.25) is 0 Å². The Labute approximate surface area is 149 Å². The Morgan fingerprint density at radius 3 is 2.12 bits per heavy atom. The Morgan fingerprint density at radius 2 is 1.62 bits per heavy atom. The van der Waals surface area contributed by atoms with Crippen LogP contribution < -0.4 is 4.74 Å². The van der Waals surface area contributed by atoms with E-state index in [0.717, 1.165) is 31.8 Å². The van der Waals surface area contributed by atoms with Crippen LogP contribution in [0.25, 0.3) is 0 Å². The molecule has 1 saturated heterocycles. The van der Waals surface area contributed by atoms with Gasteiger partial charge in [0.15, 0.2) is 0 Å². The number of carbonyl (C=O) groups is 2. The van der Waals surface area contributed by atoms with Crippen molar-refractivity contribution in [3.05, 3.63) is 29.8 Å². The van der Waals surface area contributed by atoms with Gasteiger partial charge in [-0.3, -0.25) is 4.90 Å². The van der Waals surface area contributed by atoms with E-state index < -0.39 is 23.7 Å². The Morgan fingerprint density at radius 1 is 1.04 bits per heavy atom. The van der Waals surface area contributed by atoms with E-state index in [1.54, 1.807) is 6.07 Å². The molecule has 0 bridgehead atoms. The molecule has 1 aromatic carbocycles. The van der Waals surface area contributed by atoms with E-state index in [2.05, 4.69) is 4.90 Å². The van der Waals surface area contributed by atoms with Crippen molar-refractivity contribution in [2.75, 3.05) is 26.2 Å². The minimum Gasteiger partial charge on any atom is -0.492 e. The highest BCUT2D eigenvalue weighted by molar-refractivity contribution is 6.27. The van der Waals surface area contributed by atoms with Crippen molar-refractivity contribution in [2.45, 2.75) is 31.9 Å². The third-order valence-electron chi connectivity index (χ3n) is 3.72. The second-order valence-corrected chi connectivity index (χ2v) is 5.74. The van der Waals surface area contributed by atoms with Crippen LogP contribution in [0.4, 0.5) is 13.2 Å². The first-order chi connectivity index (χ1) is 12.2. The van der Waals surface area contributed by atoms with Gasteiger partial charge in [0.25, 0.3) is 0 Å². The van der Waals surface area contributed by atoms with Crippen LogP contribution in [0.5, 0.6) is 5.75 Å². The normalized spacial score (nSPS) is 15.3. The number of rotatable bonds is 4. The van der Waals surface area contributed by atoms with Gasteiger partial charge in [0.1, 0.15) is 12.4 Å². The minimum atomic E-state index is -4.32. The Hall–Kier alpha value is -2.29. The third-order valence-corrected chi connectivity index (χ3v) is 3.72. The summed E-state index contributed by atoms with van der Waals surface area (Å²) in [5.74, 6) is -3.36. The van der Waals surface area contributed by atoms with Crippen LogP contribution in [0.3, 0.4) is 0 Å². The molecule has 6 nitrogen and oxygen atoms in total. The summed E-state index contributed by atoms with van der Waals surface area (Å²) in [7, 11) is 0. The maximum atomic E-state index is 12.6. The average Bonchev–Trinajstić information content (AvgIpc) is 2.84. The first-order valence-electron chi connectivity index (χ1n) is 8.19. The summed E-state index contributed by atoms with van der Waals surface area (Å²) in [6.45, 7) is 3.33. The van der Waals surface area contributed by atoms with Crippen LogP contribution in [0.15, 0.2) is 24.3 Å². The third kappa shape index (κ3) is 8.70. The van der Waals surface area contributed by atoms with Crippen molar-refractivity contribution in [3.8, 4) is 5.75 Å². The molecule has 1 aliphatic rings. The molecule has 1 aromatic rings. The Kier molecular flexibility index (Phi) is 8.91. The van der Waals surface area contributed by atoms with Crippen LogP contribution in [0.2, 0.25) is 0 Å². The molecule has 0 aromatic heterocycles. The minimum absolute atomic E-state index is 0.287. The molecule has 2 N–H and O–H groups in total. The predicted molar refractivity (Wildman–Crippen MR) is 87.1 cm³/mol. The molecule has 146 valence electrons. The lowest BCUT2D eigenvalue weighted by Gasteiger charge is -2.19. The molecule has 0 spiro atoms. The number of nitrogens with zero attached hydrogens (tertiary/aromatic N) is 1. The molecule has 1 aliphatic heterocycles. The first-order valence-corrected chi connectivity index (χ1v) is 8.19. The van der Waals surface area contributed by atoms with E-state index >= 15 is 0 Å². The van der Waals surface area contributed by atoms with Gasteiger partial charge in [-0.1, -0.05) is 18.9 Å².